The summed E-state index contributed by atoms with van der Waals surface area (Å²) in [5.41, 5.74) is 0.709. The zero-order chi connectivity index (χ0) is 10.8. The van der Waals surface area contributed by atoms with E-state index in [1.54, 1.807) is 12.1 Å². The Morgan fingerprint density at radius 1 is 1.31 bits per heavy atom. The van der Waals surface area contributed by atoms with E-state index >= 15 is 0 Å². The maximum absolute atomic E-state index is 10.8. The van der Waals surface area contributed by atoms with E-state index in [0.29, 0.717) is 23.2 Å². The van der Waals surface area contributed by atoms with E-state index in [4.69, 9.17) is 9.47 Å². The van der Waals surface area contributed by atoms with Crippen molar-refractivity contribution in [1.29, 1.82) is 0 Å². The predicted octanol–water partition coefficient (Wildman–Crippen LogP) is -1.26. The fourth-order valence-corrected chi connectivity index (χ4v) is 2.49. The third-order valence-corrected chi connectivity index (χ3v) is 3.06. The van der Waals surface area contributed by atoms with Crippen LogP contribution in [0.15, 0.2) is 27.6 Å². The molecule has 0 amide bonds. The summed E-state index contributed by atoms with van der Waals surface area (Å²) in [5, 5.41) is 0. The maximum Gasteiger partial charge on any atom is 1.00 e. The number of hydrogen-bond acceptors (Lipinski definition) is 4. The fraction of sp³-hybridized carbons (Fsp3) is 0.333. The summed E-state index contributed by atoms with van der Waals surface area (Å²) in [4.78, 5) is 0.221. The molecule has 1 aliphatic rings. The molecule has 0 radical (unpaired) electrons. The van der Waals surface area contributed by atoms with Gasteiger partial charge in [0, 0.05) is 14.9 Å². The van der Waals surface area contributed by atoms with Crippen LogP contribution in [-0.2, 0) is 20.6 Å². The van der Waals surface area contributed by atoms with Crippen LogP contribution in [0.5, 0.6) is 0 Å². The normalized spacial score (nSPS) is 18.1. The molecule has 1 heterocycles. The van der Waals surface area contributed by atoms with Gasteiger partial charge in [-0.25, -0.2) is 0 Å². The van der Waals surface area contributed by atoms with Gasteiger partial charge >= 0.3 is 18.9 Å². The fourth-order valence-electron chi connectivity index (χ4n) is 1.37. The van der Waals surface area contributed by atoms with E-state index in [0.717, 1.165) is 0 Å². The summed E-state index contributed by atoms with van der Waals surface area (Å²) in [7, 11) is 0. The first kappa shape index (κ1) is 14.4. The largest absolute Gasteiger partial charge is 1.00 e. The second-order valence-electron chi connectivity index (χ2n) is 3.03. The molecule has 0 aliphatic carbocycles. The Balaban J connectivity index is 0.00000128. The molecule has 1 fully saturated rings. The Bertz CT molecular complexity index is 395. The van der Waals surface area contributed by atoms with Crippen molar-refractivity contribution in [3.63, 3.8) is 0 Å². The van der Waals surface area contributed by atoms with E-state index < -0.39 is 17.4 Å². The zero-order valence-electron chi connectivity index (χ0n) is 8.64. The first-order valence-electron chi connectivity index (χ1n) is 4.30. The minimum Gasteiger partial charge on any atom is -0.768 e. The quantitative estimate of drug-likeness (QED) is 0.505. The van der Waals surface area contributed by atoms with Crippen molar-refractivity contribution in [1.82, 2.24) is 0 Å². The maximum atomic E-state index is 10.8. The van der Waals surface area contributed by atoms with E-state index in [-0.39, 0.29) is 23.8 Å². The van der Waals surface area contributed by atoms with Crippen LogP contribution in [-0.4, -0.2) is 22.0 Å². The average Bonchev–Trinajstić information content (AvgIpc) is 2.69. The molecule has 1 atom stereocenters. The van der Waals surface area contributed by atoms with Crippen LogP contribution in [0, 0.1) is 0 Å². The van der Waals surface area contributed by atoms with Gasteiger partial charge in [0.25, 0.3) is 0 Å². The molecular formula is C9H8BrLiO4S. The molecular weight excluding hydrogens is 291 g/mol. The molecule has 1 aromatic rings. The van der Waals surface area contributed by atoms with E-state index in [1.807, 2.05) is 0 Å². The van der Waals surface area contributed by atoms with Crippen molar-refractivity contribution in [3.8, 4) is 0 Å². The van der Waals surface area contributed by atoms with Crippen LogP contribution < -0.4 is 18.9 Å². The van der Waals surface area contributed by atoms with Gasteiger partial charge in [-0.1, -0.05) is 15.9 Å². The molecule has 0 aromatic heterocycles. The summed E-state index contributed by atoms with van der Waals surface area (Å²) in [6.07, 6.45) is -0.454. The summed E-state index contributed by atoms with van der Waals surface area (Å²) in [5.74, 6) is 0. The second-order valence-corrected chi connectivity index (χ2v) is 4.88. The van der Waals surface area contributed by atoms with Crippen molar-refractivity contribution >= 4 is 27.0 Å². The minimum atomic E-state index is -2.24. The van der Waals surface area contributed by atoms with Gasteiger partial charge in [-0.3, -0.25) is 4.21 Å². The molecule has 7 heteroatoms. The Hall–Kier alpha value is 0.327. The van der Waals surface area contributed by atoms with Gasteiger partial charge in [-0.2, -0.15) is 0 Å². The van der Waals surface area contributed by atoms with Crippen LogP contribution in [0.3, 0.4) is 0 Å². The van der Waals surface area contributed by atoms with Crippen molar-refractivity contribution in [3.05, 3.63) is 28.2 Å². The molecule has 1 saturated heterocycles. The molecule has 1 aliphatic heterocycles. The molecule has 4 nitrogen and oxygen atoms in total. The van der Waals surface area contributed by atoms with Crippen LogP contribution in [0.4, 0.5) is 0 Å². The number of halogens is 1. The molecule has 0 N–H and O–H groups in total. The molecule has 1 unspecified atom stereocenters. The van der Waals surface area contributed by atoms with Gasteiger partial charge in [0.1, 0.15) is 0 Å². The molecule has 1 aromatic carbocycles. The minimum absolute atomic E-state index is 0. The van der Waals surface area contributed by atoms with Crippen LogP contribution in [0.2, 0.25) is 0 Å². The van der Waals surface area contributed by atoms with Gasteiger partial charge in [0.15, 0.2) is 6.29 Å². The van der Waals surface area contributed by atoms with Crippen molar-refractivity contribution in [2.24, 2.45) is 0 Å². The van der Waals surface area contributed by atoms with Crippen molar-refractivity contribution < 1.29 is 37.1 Å². The Kier molecular flexibility index (Phi) is 5.68. The van der Waals surface area contributed by atoms with Crippen LogP contribution in [0.25, 0.3) is 0 Å². The van der Waals surface area contributed by atoms with E-state index in [2.05, 4.69) is 15.9 Å². The number of ether oxygens (including phenoxy) is 2. The Morgan fingerprint density at radius 3 is 2.50 bits per heavy atom. The molecule has 0 saturated carbocycles. The SMILES string of the molecule is O=S([O-])c1cc(Br)cc(C2OCCO2)c1.[Li+]. The Morgan fingerprint density at radius 2 is 1.94 bits per heavy atom. The van der Waals surface area contributed by atoms with Gasteiger partial charge in [-0.15, -0.1) is 0 Å². The third-order valence-electron chi connectivity index (χ3n) is 1.98. The van der Waals surface area contributed by atoms with Crippen LogP contribution in [0.1, 0.15) is 11.9 Å². The van der Waals surface area contributed by atoms with Gasteiger partial charge in [-0.05, 0) is 29.3 Å². The summed E-state index contributed by atoms with van der Waals surface area (Å²) in [6.45, 7) is 1.07. The first-order chi connectivity index (χ1) is 7.16. The molecule has 0 bridgehead atoms. The second kappa shape index (κ2) is 6.31. The van der Waals surface area contributed by atoms with Gasteiger partial charge in [0.05, 0.1) is 13.2 Å². The van der Waals surface area contributed by atoms with Crippen molar-refractivity contribution in [2.75, 3.05) is 13.2 Å². The number of benzene rings is 1. The van der Waals surface area contributed by atoms with Gasteiger partial charge in [0.2, 0.25) is 0 Å². The average molecular weight is 299 g/mol. The van der Waals surface area contributed by atoms with E-state index in [1.165, 1.54) is 6.07 Å². The van der Waals surface area contributed by atoms with E-state index in [9.17, 15) is 8.76 Å². The summed E-state index contributed by atoms with van der Waals surface area (Å²) >= 11 is 1.00. The molecule has 2 rings (SSSR count). The third kappa shape index (κ3) is 3.41. The van der Waals surface area contributed by atoms with Gasteiger partial charge < -0.3 is 14.0 Å². The topological polar surface area (TPSA) is 58.6 Å². The monoisotopic (exact) mass is 298 g/mol. The molecule has 16 heavy (non-hydrogen) atoms. The van der Waals surface area contributed by atoms with Crippen LogP contribution >= 0.6 is 15.9 Å². The zero-order valence-corrected chi connectivity index (χ0v) is 11.0. The summed E-state index contributed by atoms with van der Waals surface area (Å²) in [6, 6.07) is 4.86. The Labute approximate surface area is 116 Å². The number of hydrogen-bond donors (Lipinski definition) is 0. The number of rotatable bonds is 2. The molecule has 0 spiro atoms. The predicted molar refractivity (Wildman–Crippen MR) is 56.0 cm³/mol. The summed E-state index contributed by atoms with van der Waals surface area (Å²) < 4.78 is 32.9. The standard InChI is InChI=1S/C9H9BrO4S.Li/c10-7-3-6(9-13-1-2-14-9)4-8(5-7)15(11)12;/h3-5,9H,1-2H2,(H,11,12);/q;+1/p-1. The van der Waals surface area contributed by atoms with Crippen molar-refractivity contribution in [2.45, 2.75) is 11.2 Å². The molecule has 82 valence electrons. The smallest absolute Gasteiger partial charge is 0.768 e. The first-order valence-corrected chi connectivity index (χ1v) is 6.16.